The van der Waals surface area contributed by atoms with Crippen LogP contribution < -0.4 is 5.73 Å². The Bertz CT molecular complexity index is 391. The molecule has 1 heterocycles. The summed E-state index contributed by atoms with van der Waals surface area (Å²) in [6, 6.07) is 0. The molecular weight excluding hydrogens is 184 g/mol. The predicted octanol–water partition coefficient (Wildman–Crippen LogP) is 0.0794. The summed E-state index contributed by atoms with van der Waals surface area (Å²) in [5.41, 5.74) is 4.02. The minimum absolute atomic E-state index is 0.145. The van der Waals surface area contributed by atoms with E-state index < -0.39 is 16.5 Å². The van der Waals surface area contributed by atoms with E-state index in [9.17, 15) is 14.9 Å². The number of primary amides is 1. The minimum Gasteiger partial charge on any atom is -0.364 e. The average Bonchev–Trinajstić information content (AvgIpc) is 2.30. The molecule has 0 fully saturated rings. The van der Waals surface area contributed by atoms with Gasteiger partial charge in [0.25, 0.3) is 5.91 Å². The van der Waals surface area contributed by atoms with E-state index >= 15 is 0 Å². The first-order valence-corrected chi connectivity index (χ1v) is 3.19. The van der Waals surface area contributed by atoms with Gasteiger partial charge in [0.15, 0.2) is 4.64 Å². The van der Waals surface area contributed by atoms with Gasteiger partial charge in [-0.1, -0.05) is 12.2 Å². The topological polar surface area (TPSA) is 118 Å². The first-order chi connectivity index (χ1) is 5.54. The molecule has 0 saturated carbocycles. The molecule has 7 nitrogen and oxygen atoms in total. The van der Waals surface area contributed by atoms with Gasteiger partial charge in [-0.15, -0.1) is 0 Å². The third-order valence-corrected chi connectivity index (χ3v) is 1.48. The van der Waals surface area contributed by atoms with Gasteiger partial charge in [-0.3, -0.25) is 25.1 Å². The number of carbonyl (C=O) groups excluding carboxylic acids is 1. The lowest BCUT2D eigenvalue weighted by Crippen LogP contribution is -2.13. The molecular formula is C4H4N4O3S. The molecule has 0 bridgehead atoms. The monoisotopic (exact) mass is 188 g/mol. The van der Waals surface area contributed by atoms with Crippen molar-refractivity contribution in [3.05, 3.63) is 20.4 Å². The molecule has 64 valence electrons. The number of nitrogens with one attached hydrogen (secondary N) is 2. The Morgan fingerprint density at radius 1 is 1.58 bits per heavy atom. The fourth-order valence-electron chi connectivity index (χ4n) is 0.704. The molecule has 0 radical (unpaired) electrons. The Morgan fingerprint density at radius 3 is 2.50 bits per heavy atom. The summed E-state index contributed by atoms with van der Waals surface area (Å²) in [7, 11) is 0. The molecule has 8 heteroatoms. The first-order valence-electron chi connectivity index (χ1n) is 2.79. The molecule has 1 aromatic rings. The number of hydrogen-bond donors (Lipinski definition) is 3. The molecule has 0 aliphatic heterocycles. The molecule has 0 spiro atoms. The lowest BCUT2D eigenvalue weighted by Gasteiger charge is -1.87. The van der Waals surface area contributed by atoms with Gasteiger partial charge >= 0.3 is 5.69 Å². The van der Waals surface area contributed by atoms with Crippen molar-refractivity contribution < 1.29 is 9.72 Å². The van der Waals surface area contributed by atoms with Crippen LogP contribution in [0, 0.1) is 14.8 Å². The summed E-state index contributed by atoms with van der Waals surface area (Å²) in [5, 5.41) is 14.8. The lowest BCUT2D eigenvalue weighted by atomic mass is 10.4. The second kappa shape index (κ2) is 2.74. The van der Waals surface area contributed by atoms with Gasteiger partial charge < -0.3 is 5.73 Å². The van der Waals surface area contributed by atoms with Gasteiger partial charge in [0.05, 0.1) is 4.92 Å². The number of nitro groups is 1. The molecule has 4 N–H and O–H groups in total. The van der Waals surface area contributed by atoms with Crippen LogP contribution in [-0.4, -0.2) is 21.0 Å². The maximum atomic E-state index is 10.6. The van der Waals surface area contributed by atoms with Crippen LogP contribution in [0.15, 0.2) is 0 Å². The van der Waals surface area contributed by atoms with Crippen LogP contribution in [0.25, 0.3) is 0 Å². The van der Waals surface area contributed by atoms with E-state index in [1.165, 1.54) is 0 Å². The molecule has 1 rings (SSSR count). The van der Waals surface area contributed by atoms with Gasteiger partial charge in [0.1, 0.15) is 0 Å². The zero-order chi connectivity index (χ0) is 9.30. The molecule has 0 aliphatic rings. The van der Waals surface area contributed by atoms with Crippen molar-refractivity contribution in [2.24, 2.45) is 5.73 Å². The van der Waals surface area contributed by atoms with Crippen molar-refractivity contribution in [3.63, 3.8) is 0 Å². The number of aromatic amines is 2. The zero-order valence-corrected chi connectivity index (χ0v) is 6.47. The molecule has 1 aromatic heterocycles. The highest BCUT2D eigenvalue weighted by Gasteiger charge is 2.22. The predicted molar refractivity (Wildman–Crippen MR) is 41.1 cm³/mol. The van der Waals surface area contributed by atoms with Crippen molar-refractivity contribution in [1.29, 1.82) is 0 Å². The Hall–Kier alpha value is -1.70. The van der Waals surface area contributed by atoms with Crippen LogP contribution >= 0.6 is 12.2 Å². The average molecular weight is 188 g/mol. The fraction of sp³-hybridized carbons (Fsp3) is 0. The summed E-state index contributed by atoms with van der Waals surface area (Å²) in [4.78, 5) is 20.1. The highest BCUT2D eigenvalue weighted by molar-refractivity contribution is 7.71. The van der Waals surface area contributed by atoms with Crippen LogP contribution in [0.4, 0.5) is 5.69 Å². The Morgan fingerprint density at radius 2 is 2.17 bits per heavy atom. The molecule has 0 saturated heterocycles. The molecule has 0 atom stereocenters. The summed E-state index contributed by atoms with van der Waals surface area (Å²) in [5.74, 6) is -0.922. The largest absolute Gasteiger partial charge is 0.364 e. The number of carbonyl (C=O) groups is 1. The number of H-pyrrole nitrogens is 2. The Kier molecular flexibility index (Phi) is 1.92. The molecule has 0 unspecified atom stereocenters. The van der Waals surface area contributed by atoms with Crippen molar-refractivity contribution in [3.8, 4) is 0 Å². The third kappa shape index (κ3) is 1.19. The fourth-order valence-corrected chi connectivity index (χ4v) is 0.931. The third-order valence-electron chi connectivity index (χ3n) is 1.18. The highest BCUT2D eigenvalue weighted by atomic mass is 32.1. The van der Waals surface area contributed by atoms with E-state index in [4.69, 9.17) is 5.73 Å². The maximum absolute atomic E-state index is 10.6. The Labute approximate surface area is 70.7 Å². The number of aromatic nitrogens is 2. The van der Waals surface area contributed by atoms with Crippen molar-refractivity contribution >= 4 is 23.8 Å². The Balaban J connectivity index is 3.41. The number of amides is 1. The van der Waals surface area contributed by atoms with E-state index in [0.29, 0.717) is 0 Å². The van der Waals surface area contributed by atoms with E-state index in [1.807, 2.05) is 0 Å². The summed E-state index contributed by atoms with van der Waals surface area (Å²) in [6.45, 7) is 0. The zero-order valence-electron chi connectivity index (χ0n) is 5.66. The van der Waals surface area contributed by atoms with Gasteiger partial charge in [0.2, 0.25) is 5.69 Å². The van der Waals surface area contributed by atoms with Crippen molar-refractivity contribution in [1.82, 2.24) is 10.2 Å². The normalized spacial score (nSPS) is 9.67. The second-order valence-corrected chi connectivity index (χ2v) is 2.33. The SMILES string of the molecule is NC(=O)c1[nH][nH]c(=S)c1[N+](=O)[O-]. The smallest absolute Gasteiger partial charge is 0.335 e. The van der Waals surface area contributed by atoms with E-state index in [1.54, 1.807) is 0 Å². The van der Waals surface area contributed by atoms with Crippen LogP contribution in [0.3, 0.4) is 0 Å². The summed E-state index contributed by atoms with van der Waals surface area (Å²) < 4.78 is -0.145. The first kappa shape index (κ1) is 8.40. The molecule has 0 aromatic carbocycles. The van der Waals surface area contributed by atoms with Crippen LogP contribution in [0.5, 0.6) is 0 Å². The maximum Gasteiger partial charge on any atom is 0.335 e. The van der Waals surface area contributed by atoms with E-state index in [2.05, 4.69) is 22.4 Å². The quantitative estimate of drug-likeness (QED) is 0.346. The number of nitrogens with two attached hydrogens (primary N) is 1. The van der Waals surface area contributed by atoms with Gasteiger partial charge in [-0.05, 0) is 0 Å². The van der Waals surface area contributed by atoms with Gasteiger partial charge in [-0.25, -0.2) is 0 Å². The number of hydrogen-bond acceptors (Lipinski definition) is 4. The molecule has 12 heavy (non-hydrogen) atoms. The molecule has 1 amide bonds. The minimum atomic E-state index is -0.922. The van der Waals surface area contributed by atoms with Crippen molar-refractivity contribution in [2.45, 2.75) is 0 Å². The van der Waals surface area contributed by atoms with Crippen LogP contribution in [0.1, 0.15) is 10.5 Å². The lowest BCUT2D eigenvalue weighted by molar-refractivity contribution is -0.385. The van der Waals surface area contributed by atoms with Gasteiger partial charge in [0, 0.05) is 0 Å². The number of nitrogens with zero attached hydrogens (tertiary/aromatic N) is 1. The van der Waals surface area contributed by atoms with E-state index in [0.717, 1.165) is 0 Å². The molecule has 0 aliphatic carbocycles. The standard InChI is InChI=1S/C4H4N4O3S/c5-3(9)1-2(8(10)11)4(12)7-6-1/h(H2,5,9)(H2,6,7,12). The van der Waals surface area contributed by atoms with Gasteiger partial charge in [-0.2, -0.15) is 0 Å². The summed E-state index contributed by atoms with van der Waals surface area (Å²) >= 11 is 4.53. The van der Waals surface area contributed by atoms with E-state index in [-0.39, 0.29) is 10.3 Å². The van der Waals surface area contributed by atoms with Crippen molar-refractivity contribution in [2.75, 3.05) is 0 Å². The van der Waals surface area contributed by atoms with Crippen LogP contribution in [0.2, 0.25) is 0 Å². The summed E-state index contributed by atoms with van der Waals surface area (Å²) in [6.07, 6.45) is 0. The number of rotatable bonds is 2. The highest BCUT2D eigenvalue weighted by Crippen LogP contribution is 2.15. The van der Waals surface area contributed by atoms with Crippen LogP contribution in [-0.2, 0) is 0 Å². The second-order valence-electron chi connectivity index (χ2n) is 1.92.